The number of nitrogens with zero attached hydrogens (tertiary/aromatic N) is 1. The molecule has 2 heteroatoms. The normalized spacial score (nSPS) is 15.3. The fourth-order valence-electron chi connectivity index (χ4n) is 1.26. The highest BCUT2D eigenvalue weighted by molar-refractivity contribution is 7.09. The summed E-state index contributed by atoms with van der Waals surface area (Å²) in [6.07, 6.45) is 6.91. The lowest BCUT2D eigenvalue weighted by molar-refractivity contribution is -0.668. The van der Waals surface area contributed by atoms with Gasteiger partial charge in [0.2, 0.25) is 11.2 Å². The molecule has 0 unspecified atom stereocenters. The standard InChI is InChI=1S/C8H10NS/c1-9-6-10-8-5-3-2-4-7(8)9/h2,4,6H,3,5H2,1H3/q+1. The Balaban J connectivity index is 2.57. The largest absolute Gasteiger partial charge is 0.225 e. The molecule has 0 aliphatic heterocycles. The van der Waals surface area contributed by atoms with Gasteiger partial charge in [0.25, 0.3) is 0 Å². The second-order valence-electron chi connectivity index (χ2n) is 2.58. The second-order valence-corrected chi connectivity index (χ2v) is 3.52. The van der Waals surface area contributed by atoms with E-state index in [1.54, 1.807) is 0 Å². The van der Waals surface area contributed by atoms with Crippen molar-refractivity contribution in [3.63, 3.8) is 0 Å². The number of rotatable bonds is 0. The van der Waals surface area contributed by atoms with E-state index in [1.165, 1.54) is 23.4 Å². The molecule has 1 aliphatic rings. The molecule has 1 nitrogen and oxygen atoms in total. The first-order chi connectivity index (χ1) is 4.88. The summed E-state index contributed by atoms with van der Waals surface area (Å²) in [5, 5.41) is 0. The molecule has 0 saturated heterocycles. The van der Waals surface area contributed by atoms with Crippen LogP contribution in [0.2, 0.25) is 0 Å². The van der Waals surface area contributed by atoms with E-state index in [4.69, 9.17) is 0 Å². The van der Waals surface area contributed by atoms with Crippen LogP contribution >= 0.6 is 11.3 Å². The molecule has 2 rings (SSSR count). The van der Waals surface area contributed by atoms with Crippen molar-refractivity contribution >= 4 is 17.4 Å². The Labute approximate surface area is 64.6 Å². The van der Waals surface area contributed by atoms with Gasteiger partial charge in [-0.15, -0.1) is 0 Å². The van der Waals surface area contributed by atoms with Gasteiger partial charge in [-0.3, -0.25) is 0 Å². The highest BCUT2D eigenvalue weighted by atomic mass is 32.1. The Morgan fingerprint density at radius 3 is 3.30 bits per heavy atom. The summed E-state index contributed by atoms with van der Waals surface area (Å²) in [4.78, 5) is 1.53. The van der Waals surface area contributed by atoms with Crippen LogP contribution in [0.1, 0.15) is 17.0 Å². The topological polar surface area (TPSA) is 3.88 Å². The lowest BCUT2D eigenvalue weighted by atomic mass is 10.1. The average Bonchev–Trinajstić information content (AvgIpc) is 2.34. The van der Waals surface area contributed by atoms with E-state index in [0.717, 1.165) is 0 Å². The van der Waals surface area contributed by atoms with Crippen molar-refractivity contribution in [3.05, 3.63) is 22.2 Å². The Morgan fingerprint density at radius 2 is 2.50 bits per heavy atom. The molecule has 0 aromatic carbocycles. The first kappa shape index (κ1) is 6.10. The molecule has 1 heterocycles. The maximum atomic E-state index is 2.25. The van der Waals surface area contributed by atoms with Gasteiger partial charge in [0, 0.05) is 6.08 Å². The van der Waals surface area contributed by atoms with Crippen molar-refractivity contribution < 1.29 is 4.57 Å². The van der Waals surface area contributed by atoms with Gasteiger partial charge in [0.15, 0.2) is 0 Å². The minimum atomic E-state index is 1.22. The lowest BCUT2D eigenvalue weighted by Gasteiger charge is -1.97. The molecule has 10 heavy (non-hydrogen) atoms. The van der Waals surface area contributed by atoms with E-state index in [-0.39, 0.29) is 0 Å². The van der Waals surface area contributed by atoms with Crippen molar-refractivity contribution in [2.45, 2.75) is 12.8 Å². The van der Waals surface area contributed by atoms with Crippen molar-refractivity contribution in [2.24, 2.45) is 7.05 Å². The van der Waals surface area contributed by atoms with Gasteiger partial charge in [0.05, 0.1) is 4.88 Å². The predicted octanol–water partition coefficient (Wildman–Crippen LogP) is 1.53. The summed E-state index contributed by atoms with van der Waals surface area (Å²) in [5.74, 6) is 0. The number of fused-ring (bicyclic) bond motifs is 1. The average molecular weight is 152 g/mol. The molecule has 0 saturated carbocycles. The third-order valence-corrected chi connectivity index (χ3v) is 2.95. The maximum Gasteiger partial charge on any atom is 0.225 e. The summed E-state index contributed by atoms with van der Waals surface area (Å²) in [6.45, 7) is 0. The summed E-state index contributed by atoms with van der Waals surface area (Å²) >= 11 is 1.86. The third-order valence-electron chi connectivity index (χ3n) is 1.83. The molecule has 1 aromatic heterocycles. The predicted molar refractivity (Wildman–Crippen MR) is 42.9 cm³/mol. The quantitative estimate of drug-likeness (QED) is 0.496. The first-order valence-corrected chi connectivity index (χ1v) is 4.38. The summed E-state index contributed by atoms with van der Waals surface area (Å²) < 4.78 is 2.19. The number of hydrogen-bond donors (Lipinski definition) is 0. The molecule has 0 radical (unpaired) electrons. The van der Waals surface area contributed by atoms with Crippen LogP contribution in [0.25, 0.3) is 6.08 Å². The highest BCUT2D eigenvalue weighted by Gasteiger charge is 2.15. The lowest BCUT2D eigenvalue weighted by Crippen LogP contribution is -2.28. The number of thiazole rings is 1. The molecular weight excluding hydrogens is 142 g/mol. The number of aryl methyl sites for hydroxylation is 2. The van der Waals surface area contributed by atoms with Crippen LogP contribution in [0.3, 0.4) is 0 Å². The molecule has 0 N–H and O–H groups in total. The van der Waals surface area contributed by atoms with E-state index < -0.39 is 0 Å². The van der Waals surface area contributed by atoms with Crippen LogP contribution in [0.5, 0.6) is 0 Å². The fraction of sp³-hybridized carbons (Fsp3) is 0.375. The van der Waals surface area contributed by atoms with Crippen LogP contribution in [0.15, 0.2) is 11.6 Å². The van der Waals surface area contributed by atoms with Gasteiger partial charge in [-0.05, 0) is 12.8 Å². The monoisotopic (exact) mass is 152 g/mol. The van der Waals surface area contributed by atoms with Gasteiger partial charge in [-0.25, -0.2) is 0 Å². The van der Waals surface area contributed by atoms with Crippen LogP contribution < -0.4 is 4.57 Å². The van der Waals surface area contributed by atoms with Gasteiger partial charge >= 0.3 is 0 Å². The Bertz CT molecular complexity index is 273. The van der Waals surface area contributed by atoms with Gasteiger partial charge in [0.1, 0.15) is 7.05 Å². The summed E-state index contributed by atoms with van der Waals surface area (Å²) in [6, 6.07) is 0. The fourth-order valence-corrected chi connectivity index (χ4v) is 2.23. The maximum absolute atomic E-state index is 2.25. The molecular formula is C8H10NS+. The molecule has 52 valence electrons. The molecule has 0 amide bonds. The summed E-state index contributed by atoms with van der Waals surface area (Å²) in [5.41, 5.74) is 3.57. The third kappa shape index (κ3) is 0.797. The van der Waals surface area contributed by atoms with Gasteiger partial charge in [-0.2, -0.15) is 4.57 Å². The van der Waals surface area contributed by atoms with Crippen molar-refractivity contribution in [3.8, 4) is 0 Å². The van der Waals surface area contributed by atoms with Crippen LogP contribution in [0.4, 0.5) is 0 Å². The van der Waals surface area contributed by atoms with E-state index in [2.05, 4.69) is 29.3 Å². The molecule has 0 bridgehead atoms. The molecule has 1 aliphatic carbocycles. The Hall–Kier alpha value is -0.630. The second kappa shape index (κ2) is 2.20. The number of allylic oxidation sites excluding steroid dienone is 1. The van der Waals surface area contributed by atoms with Gasteiger partial charge < -0.3 is 0 Å². The van der Waals surface area contributed by atoms with Crippen molar-refractivity contribution in [1.82, 2.24) is 0 Å². The summed E-state index contributed by atoms with van der Waals surface area (Å²) in [7, 11) is 2.10. The van der Waals surface area contributed by atoms with E-state index in [1.807, 2.05) is 11.3 Å². The zero-order valence-electron chi connectivity index (χ0n) is 6.00. The zero-order chi connectivity index (χ0) is 6.97. The first-order valence-electron chi connectivity index (χ1n) is 3.50. The van der Waals surface area contributed by atoms with Crippen molar-refractivity contribution in [2.75, 3.05) is 0 Å². The molecule has 0 fully saturated rings. The zero-order valence-corrected chi connectivity index (χ0v) is 6.82. The van der Waals surface area contributed by atoms with Crippen LogP contribution in [0, 0.1) is 0 Å². The minimum Gasteiger partial charge on any atom is -0.192 e. The van der Waals surface area contributed by atoms with E-state index in [0.29, 0.717) is 0 Å². The molecule has 0 spiro atoms. The smallest absolute Gasteiger partial charge is 0.192 e. The van der Waals surface area contributed by atoms with E-state index >= 15 is 0 Å². The van der Waals surface area contributed by atoms with E-state index in [9.17, 15) is 0 Å². The number of hydrogen-bond acceptors (Lipinski definition) is 1. The molecule has 0 atom stereocenters. The van der Waals surface area contributed by atoms with Crippen LogP contribution in [-0.4, -0.2) is 0 Å². The minimum absolute atomic E-state index is 1.22. The Kier molecular flexibility index (Phi) is 1.34. The molecule has 1 aromatic rings. The SMILES string of the molecule is C[n+]1csc2c1C=CCC2. The highest BCUT2D eigenvalue weighted by Crippen LogP contribution is 2.19. The Morgan fingerprint density at radius 1 is 1.60 bits per heavy atom. The van der Waals surface area contributed by atoms with Crippen molar-refractivity contribution in [1.29, 1.82) is 0 Å². The van der Waals surface area contributed by atoms with Gasteiger partial charge in [-0.1, -0.05) is 17.4 Å². The number of aromatic nitrogens is 1. The van der Waals surface area contributed by atoms with Crippen LogP contribution in [-0.2, 0) is 13.5 Å².